The van der Waals surface area contributed by atoms with Crippen LogP contribution in [0.5, 0.6) is 11.5 Å². The lowest BCUT2D eigenvalue weighted by atomic mass is 10.3. The van der Waals surface area contributed by atoms with Crippen molar-refractivity contribution in [2.75, 3.05) is 7.11 Å². The van der Waals surface area contributed by atoms with Crippen LogP contribution in [-0.2, 0) is 0 Å². The zero-order valence-electron chi connectivity index (χ0n) is 11.1. The molecule has 3 aromatic rings. The molecule has 0 N–H and O–H groups in total. The number of methoxy groups -OCH3 is 1. The number of rotatable bonds is 4. The average Bonchev–Trinajstić information content (AvgIpc) is 3.19. The van der Waals surface area contributed by atoms with Crippen molar-refractivity contribution < 1.29 is 14.3 Å². The van der Waals surface area contributed by atoms with Crippen LogP contribution in [0.2, 0.25) is 0 Å². The van der Waals surface area contributed by atoms with Crippen molar-refractivity contribution in [1.82, 2.24) is 4.98 Å². The van der Waals surface area contributed by atoms with Gasteiger partial charge in [0.2, 0.25) is 0 Å². The first-order chi connectivity index (χ1) is 10.3. The van der Waals surface area contributed by atoms with E-state index in [0.717, 1.165) is 10.6 Å². The molecule has 0 saturated carbocycles. The number of hydrogen-bond acceptors (Lipinski definition) is 6. The lowest BCUT2D eigenvalue weighted by Crippen LogP contribution is -2.08. The van der Waals surface area contributed by atoms with E-state index < -0.39 is 5.97 Å². The van der Waals surface area contributed by atoms with Crippen LogP contribution < -0.4 is 9.47 Å². The molecule has 106 valence electrons. The molecule has 2 heterocycles. The van der Waals surface area contributed by atoms with Gasteiger partial charge in [0, 0.05) is 16.3 Å². The largest absolute Gasteiger partial charge is 0.497 e. The maximum atomic E-state index is 12.0. The molecule has 6 heteroatoms. The van der Waals surface area contributed by atoms with Crippen molar-refractivity contribution in [2.45, 2.75) is 0 Å². The molecule has 0 aliphatic rings. The van der Waals surface area contributed by atoms with Crippen molar-refractivity contribution >= 4 is 28.6 Å². The number of carbonyl (C=O) groups is 1. The maximum absolute atomic E-state index is 12.0. The molecular formula is C15H11NO3S2. The van der Waals surface area contributed by atoms with Gasteiger partial charge in [-0.1, -0.05) is 0 Å². The Balaban J connectivity index is 1.73. The van der Waals surface area contributed by atoms with Gasteiger partial charge in [-0.2, -0.15) is 11.3 Å². The third-order valence-corrected chi connectivity index (χ3v) is 4.33. The Morgan fingerprint density at radius 3 is 2.52 bits per heavy atom. The Morgan fingerprint density at radius 2 is 1.86 bits per heavy atom. The maximum Gasteiger partial charge on any atom is 0.363 e. The molecule has 0 fully saturated rings. The van der Waals surface area contributed by atoms with E-state index in [0.29, 0.717) is 17.2 Å². The van der Waals surface area contributed by atoms with Crippen molar-refractivity contribution in [3.05, 3.63) is 52.2 Å². The Labute approximate surface area is 129 Å². The molecule has 0 spiro atoms. The van der Waals surface area contributed by atoms with Crippen LogP contribution in [-0.4, -0.2) is 18.1 Å². The van der Waals surface area contributed by atoms with Crippen LogP contribution in [0.3, 0.4) is 0 Å². The number of ether oxygens (including phenoxy) is 2. The van der Waals surface area contributed by atoms with Crippen LogP contribution in [0, 0.1) is 0 Å². The first-order valence-corrected chi connectivity index (χ1v) is 7.93. The van der Waals surface area contributed by atoms with Gasteiger partial charge in [0.1, 0.15) is 16.5 Å². The first kappa shape index (κ1) is 13.8. The molecule has 0 atom stereocenters. The summed E-state index contributed by atoms with van der Waals surface area (Å²) in [6.45, 7) is 0. The van der Waals surface area contributed by atoms with Crippen LogP contribution in [0.1, 0.15) is 10.5 Å². The van der Waals surface area contributed by atoms with Gasteiger partial charge in [0.15, 0.2) is 5.69 Å². The number of hydrogen-bond donors (Lipinski definition) is 0. The summed E-state index contributed by atoms with van der Waals surface area (Å²) >= 11 is 3.02. The predicted octanol–water partition coefficient (Wildman–Crippen LogP) is 4.10. The molecule has 0 amide bonds. The lowest BCUT2D eigenvalue weighted by Gasteiger charge is -2.03. The fourth-order valence-electron chi connectivity index (χ4n) is 1.69. The topological polar surface area (TPSA) is 48.4 Å². The molecule has 0 aliphatic heterocycles. The number of thiazole rings is 1. The number of benzene rings is 1. The summed E-state index contributed by atoms with van der Waals surface area (Å²) in [4.78, 5) is 16.4. The molecule has 4 nitrogen and oxygen atoms in total. The van der Waals surface area contributed by atoms with Gasteiger partial charge in [0.05, 0.1) is 7.11 Å². The van der Waals surface area contributed by atoms with E-state index in [-0.39, 0.29) is 0 Å². The molecule has 2 aromatic heterocycles. The fourth-order valence-corrected chi connectivity index (χ4v) is 3.19. The van der Waals surface area contributed by atoms with Crippen LogP contribution >= 0.6 is 22.7 Å². The highest BCUT2D eigenvalue weighted by Gasteiger charge is 2.14. The highest BCUT2D eigenvalue weighted by atomic mass is 32.1. The molecule has 1 aromatic carbocycles. The Bertz CT molecular complexity index is 733. The summed E-state index contributed by atoms with van der Waals surface area (Å²) in [5, 5.41) is 6.50. The highest BCUT2D eigenvalue weighted by molar-refractivity contribution is 7.14. The van der Waals surface area contributed by atoms with Crippen molar-refractivity contribution in [3.63, 3.8) is 0 Å². The third kappa shape index (κ3) is 3.12. The van der Waals surface area contributed by atoms with Gasteiger partial charge in [-0.05, 0) is 35.7 Å². The van der Waals surface area contributed by atoms with Gasteiger partial charge in [-0.25, -0.2) is 9.78 Å². The van der Waals surface area contributed by atoms with E-state index in [1.807, 2.05) is 16.8 Å². The number of esters is 1. The second kappa shape index (κ2) is 6.07. The predicted molar refractivity (Wildman–Crippen MR) is 83.4 cm³/mol. The quantitative estimate of drug-likeness (QED) is 0.537. The minimum atomic E-state index is -0.460. The van der Waals surface area contributed by atoms with E-state index in [1.54, 1.807) is 48.1 Å². The smallest absolute Gasteiger partial charge is 0.363 e. The van der Waals surface area contributed by atoms with E-state index in [2.05, 4.69) is 4.98 Å². The Kier molecular flexibility index (Phi) is 3.98. The van der Waals surface area contributed by atoms with Gasteiger partial charge < -0.3 is 9.47 Å². The van der Waals surface area contributed by atoms with Crippen LogP contribution in [0.25, 0.3) is 10.6 Å². The van der Waals surface area contributed by atoms with Crippen molar-refractivity contribution in [3.8, 4) is 22.1 Å². The summed E-state index contributed by atoms with van der Waals surface area (Å²) in [6, 6.07) is 8.81. The van der Waals surface area contributed by atoms with Crippen molar-refractivity contribution in [1.29, 1.82) is 0 Å². The summed E-state index contributed by atoms with van der Waals surface area (Å²) in [5.74, 6) is 0.715. The zero-order chi connectivity index (χ0) is 14.7. The molecule has 0 radical (unpaired) electrons. The van der Waals surface area contributed by atoms with E-state index in [4.69, 9.17) is 9.47 Å². The second-order valence-corrected chi connectivity index (χ2v) is 5.75. The number of thiophene rings is 1. The minimum Gasteiger partial charge on any atom is -0.497 e. The van der Waals surface area contributed by atoms with Gasteiger partial charge in [-0.3, -0.25) is 0 Å². The van der Waals surface area contributed by atoms with Crippen LogP contribution in [0.15, 0.2) is 46.5 Å². The minimum absolute atomic E-state index is 0.317. The summed E-state index contributed by atoms with van der Waals surface area (Å²) in [6.07, 6.45) is 0. The van der Waals surface area contributed by atoms with E-state index >= 15 is 0 Å². The summed E-state index contributed by atoms with van der Waals surface area (Å²) < 4.78 is 10.3. The molecule has 21 heavy (non-hydrogen) atoms. The molecular weight excluding hydrogens is 306 g/mol. The van der Waals surface area contributed by atoms with Gasteiger partial charge >= 0.3 is 5.97 Å². The average molecular weight is 317 g/mol. The highest BCUT2D eigenvalue weighted by Crippen LogP contribution is 2.26. The monoisotopic (exact) mass is 317 g/mol. The standard InChI is InChI=1S/C15H11NO3S2/c1-18-11-2-4-12(5-3-11)19-15(17)13-9-21-14(16-13)10-6-7-20-8-10/h2-9H,1H3. The number of nitrogens with zero attached hydrogens (tertiary/aromatic N) is 1. The Morgan fingerprint density at radius 1 is 1.10 bits per heavy atom. The lowest BCUT2D eigenvalue weighted by molar-refractivity contribution is 0.0729. The van der Waals surface area contributed by atoms with Gasteiger partial charge in [0.25, 0.3) is 0 Å². The summed E-state index contributed by atoms with van der Waals surface area (Å²) in [7, 11) is 1.59. The molecule has 3 rings (SSSR count). The molecule has 0 aliphatic carbocycles. The molecule has 0 saturated heterocycles. The number of carbonyl (C=O) groups excluding carboxylic acids is 1. The number of aromatic nitrogens is 1. The van der Waals surface area contributed by atoms with Crippen LogP contribution in [0.4, 0.5) is 0 Å². The Hall–Kier alpha value is -2.18. The second-order valence-electron chi connectivity index (χ2n) is 4.11. The van der Waals surface area contributed by atoms with E-state index in [1.165, 1.54) is 11.3 Å². The summed E-state index contributed by atoms with van der Waals surface area (Å²) in [5.41, 5.74) is 1.34. The first-order valence-electron chi connectivity index (χ1n) is 6.10. The normalized spacial score (nSPS) is 10.3. The van der Waals surface area contributed by atoms with Crippen molar-refractivity contribution in [2.24, 2.45) is 0 Å². The SMILES string of the molecule is COc1ccc(OC(=O)c2csc(-c3ccsc3)n2)cc1. The van der Waals surface area contributed by atoms with E-state index in [9.17, 15) is 4.79 Å². The molecule has 0 bridgehead atoms. The van der Waals surface area contributed by atoms with Gasteiger partial charge in [-0.15, -0.1) is 11.3 Å². The third-order valence-electron chi connectivity index (χ3n) is 2.75. The zero-order valence-corrected chi connectivity index (χ0v) is 12.7. The molecule has 0 unspecified atom stereocenters. The fraction of sp³-hybridized carbons (Fsp3) is 0.0667.